The Morgan fingerprint density at radius 1 is 1.17 bits per heavy atom. The molecule has 0 saturated heterocycles. The van der Waals surface area contributed by atoms with E-state index in [-0.39, 0.29) is 5.91 Å². The first kappa shape index (κ1) is 14.8. The quantitative estimate of drug-likeness (QED) is 0.800. The molecule has 1 amide bonds. The number of aromatic nitrogens is 2. The van der Waals surface area contributed by atoms with E-state index in [1.54, 1.807) is 44.4 Å². The summed E-state index contributed by atoms with van der Waals surface area (Å²) in [7, 11) is 1.58. The van der Waals surface area contributed by atoms with Gasteiger partial charge in [-0.1, -0.05) is 23.4 Å². The molecule has 0 aliphatic rings. The molecule has 0 saturated carbocycles. The molecule has 116 valence electrons. The van der Waals surface area contributed by atoms with Crippen molar-refractivity contribution < 1.29 is 14.1 Å². The van der Waals surface area contributed by atoms with Gasteiger partial charge in [0, 0.05) is 29.8 Å². The number of methoxy groups -OCH3 is 1. The average molecular weight is 309 g/mol. The van der Waals surface area contributed by atoms with Crippen LogP contribution >= 0.6 is 0 Å². The van der Waals surface area contributed by atoms with Crippen LogP contribution in [0.2, 0.25) is 0 Å². The molecule has 1 aromatic heterocycles. The Bertz CT molecular complexity index is 842. The first-order valence-electron chi connectivity index (χ1n) is 7.02. The second-order valence-corrected chi connectivity index (χ2v) is 4.90. The highest BCUT2D eigenvalue weighted by atomic mass is 16.5. The van der Waals surface area contributed by atoms with Gasteiger partial charge in [0.05, 0.1) is 7.11 Å². The number of anilines is 1. The van der Waals surface area contributed by atoms with Gasteiger partial charge in [-0.2, -0.15) is 4.98 Å². The Morgan fingerprint density at radius 2 is 2.00 bits per heavy atom. The lowest BCUT2D eigenvalue weighted by atomic mass is 10.1. The number of hydrogen-bond acceptors (Lipinski definition) is 5. The predicted molar refractivity (Wildman–Crippen MR) is 85.4 cm³/mol. The topological polar surface area (TPSA) is 77.2 Å². The van der Waals surface area contributed by atoms with Crippen molar-refractivity contribution in [3.05, 3.63) is 60.0 Å². The summed E-state index contributed by atoms with van der Waals surface area (Å²) in [5.74, 6) is 1.39. The monoisotopic (exact) mass is 309 g/mol. The minimum absolute atomic E-state index is 0.222. The van der Waals surface area contributed by atoms with Gasteiger partial charge < -0.3 is 14.6 Å². The van der Waals surface area contributed by atoms with E-state index in [4.69, 9.17) is 9.26 Å². The van der Waals surface area contributed by atoms with Crippen molar-refractivity contribution >= 4 is 11.6 Å². The van der Waals surface area contributed by atoms with Gasteiger partial charge in [-0.3, -0.25) is 4.79 Å². The molecule has 1 heterocycles. The van der Waals surface area contributed by atoms with Crippen LogP contribution in [0, 0.1) is 6.92 Å². The van der Waals surface area contributed by atoms with Gasteiger partial charge in [0.1, 0.15) is 5.75 Å². The number of hydrogen-bond donors (Lipinski definition) is 1. The van der Waals surface area contributed by atoms with E-state index in [2.05, 4.69) is 15.5 Å². The molecule has 23 heavy (non-hydrogen) atoms. The highest BCUT2D eigenvalue weighted by molar-refractivity contribution is 6.04. The third-order valence-corrected chi connectivity index (χ3v) is 3.24. The zero-order valence-corrected chi connectivity index (χ0v) is 12.7. The standard InChI is InChI=1S/C17H15N3O3/c1-11-18-16(20-23-11)12-5-3-6-13(9-12)17(21)19-14-7-4-8-15(10-14)22-2/h3-10H,1-2H3,(H,19,21). The number of nitrogens with one attached hydrogen (secondary N) is 1. The van der Waals surface area contributed by atoms with E-state index in [1.807, 2.05) is 18.2 Å². The van der Waals surface area contributed by atoms with Gasteiger partial charge in [0.25, 0.3) is 5.91 Å². The summed E-state index contributed by atoms with van der Waals surface area (Å²) in [5, 5.41) is 6.69. The summed E-state index contributed by atoms with van der Waals surface area (Å²) in [5.41, 5.74) is 1.89. The van der Waals surface area contributed by atoms with Crippen LogP contribution in [0.1, 0.15) is 16.2 Å². The molecule has 6 nitrogen and oxygen atoms in total. The lowest BCUT2D eigenvalue weighted by Crippen LogP contribution is -2.11. The average Bonchev–Trinajstić information content (AvgIpc) is 3.01. The summed E-state index contributed by atoms with van der Waals surface area (Å²) < 4.78 is 10.1. The van der Waals surface area contributed by atoms with E-state index in [1.165, 1.54) is 0 Å². The molecular formula is C17H15N3O3. The number of benzene rings is 2. The third kappa shape index (κ3) is 3.37. The number of carbonyl (C=O) groups is 1. The Kier molecular flexibility index (Phi) is 4.05. The maximum Gasteiger partial charge on any atom is 0.255 e. The van der Waals surface area contributed by atoms with Gasteiger partial charge in [-0.15, -0.1) is 0 Å². The molecule has 0 aliphatic heterocycles. The highest BCUT2D eigenvalue weighted by Crippen LogP contribution is 2.20. The normalized spacial score (nSPS) is 10.3. The zero-order chi connectivity index (χ0) is 16.2. The van der Waals surface area contributed by atoms with Gasteiger partial charge in [0.2, 0.25) is 11.7 Å². The fourth-order valence-electron chi connectivity index (χ4n) is 2.12. The first-order chi connectivity index (χ1) is 11.2. The number of aryl methyl sites for hydroxylation is 1. The van der Waals surface area contributed by atoms with Crippen LogP contribution in [0.25, 0.3) is 11.4 Å². The number of amides is 1. The smallest absolute Gasteiger partial charge is 0.255 e. The molecule has 3 rings (SSSR count). The number of carbonyl (C=O) groups excluding carboxylic acids is 1. The zero-order valence-electron chi connectivity index (χ0n) is 12.7. The summed E-state index contributed by atoms with van der Waals surface area (Å²) in [6, 6.07) is 14.2. The van der Waals surface area contributed by atoms with Gasteiger partial charge in [0.15, 0.2) is 0 Å². The highest BCUT2D eigenvalue weighted by Gasteiger charge is 2.11. The number of nitrogens with zero attached hydrogens (tertiary/aromatic N) is 2. The van der Waals surface area contributed by atoms with Crippen LogP contribution in [-0.2, 0) is 0 Å². The maximum absolute atomic E-state index is 12.4. The summed E-state index contributed by atoms with van der Waals surface area (Å²) in [4.78, 5) is 16.5. The van der Waals surface area contributed by atoms with Crippen LogP contribution in [0.15, 0.2) is 53.1 Å². The Morgan fingerprint density at radius 3 is 2.74 bits per heavy atom. The second kappa shape index (κ2) is 6.31. The van der Waals surface area contributed by atoms with Crippen molar-refractivity contribution in [1.82, 2.24) is 10.1 Å². The largest absolute Gasteiger partial charge is 0.497 e. The SMILES string of the molecule is COc1cccc(NC(=O)c2cccc(-c3noc(C)n3)c2)c1. The molecule has 0 fully saturated rings. The van der Waals surface area contributed by atoms with E-state index < -0.39 is 0 Å². The number of ether oxygens (including phenoxy) is 1. The Balaban J connectivity index is 1.82. The van der Waals surface area contributed by atoms with Gasteiger partial charge in [-0.25, -0.2) is 0 Å². The molecule has 2 aromatic carbocycles. The van der Waals surface area contributed by atoms with Crippen molar-refractivity contribution in [3.63, 3.8) is 0 Å². The van der Waals surface area contributed by atoms with Crippen LogP contribution in [0.3, 0.4) is 0 Å². The van der Waals surface area contributed by atoms with Gasteiger partial charge >= 0.3 is 0 Å². The molecular weight excluding hydrogens is 294 g/mol. The van der Waals surface area contributed by atoms with E-state index in [9.17, 15) is 4.79 Å². The Labute approximate surface area is 133 Å². The first-order valence-corrected chi connectivity index (χ1v) is 7.02. The van der Waals surface area contributed by atoms with E-state index in [0.29, 0.717) is 28.7 Å². The van der Waals surface area contributed by atoms with Crippen molar-refractivity contribution in [2.24, 2.45) is 0 Å². The van der Waals surface area contributed by atoms with Crippen molar-refractivity contribution in [2.75, 3.05) is 12.4 Å². The maximum atomic E-state index is 12.4. The van der Waals surface area contributed by atoms with Gasteiger partial charge in [-0.05, 0) is 24.3 Å². The minimum atomic E-state index is -0.222. The summed E-state index contributed by atoms with van der Waals surface area (Å²) >= 11 is 0. The van der Waals surface area contributed by atoms with Crippen LogP contribution in [0.5, 0.6) is 5.75 Å². The minimum Gasteiger partial charge on any atom is -0.497 e. The molecule has 0 radical (unpaired) electrons. The Hall–Kier alpha value is -3.15. The van der Waals surface area contributed by atoms with Crippen LogP contribution in [0.4, 0.5) is 5.69 Å². The molecule has 0 unspecified atom stereocenters. The molecule has 1 N–H and O–H groups in total. The van der Waals surface area contributed by atoms with Crippen molar-refractivity contribution in [3.8, 4) is 17.1 Å². The molecule has 0 aliphatic carbocycles. The summed E-state index contributed by atoms with van der Waals surface area (Å²) in [6.07, 6.45) is 0. The van der Waals surface area contributed by atoms with Crippen molar-refractivity contribution in [2.45, 2.75) is 6.92 Å². The second-order valence-electron chi connectivity index (χ2n) is 4.90. The fraction of sp³-hybridized carbons (Fsp3) is 0.118. The third-order valence-electron chi connectivity index (χ3n) is 3.24. The fourth-order valence-corrected chi connectivity index (χ4v) is 2.12. The van der Waals surface area contributed by atoms with Crippen molar-refractivity contribution in [1.29, 1.82) is 0 Å². The number of rotatable bonds is 4. The lowest BCUT2D eigenvalue weighted by Gasteiger charge is -2.07. The molecule has 0 bridgehead atoms. The molecule has 6 heteroatoms. The molecule has 3 aromatic rings. The lowest BCUT2D eigenvalue weighted by molar-refractivity contribution is 0.102. The van der Waals surface area contributed by atoms with E-state index >= 15 is 0 Å². The molecule has 0 spiro atoms. The predicted octanol–water partition coefficient (Wildman–Crippen LogP) is 3.31. The van der Waals surface area contributed by atoms with E-state index in [0.717, 1.165) is 5.56 Å². The summed E-state index contributed by atoms with van der Waals surface area (Å²) in [6.45, 7) is 1.72. The van der Waals surface area contributed by atoms with Crippen LogP contribution < -0.4 is 10.1 Å². The molecule has 0 atom stereocenters. The van der Waals surface area contributed by atoms with Crippen LogP contribution in [-0.4, -0.2) is 23.2 Å².